The van der Waals surface area contributed by atoms with Crippen LogP contribution in [0.15, 0.2) is 12.1 Å². The van der Waals surface area contributed by atoms with Crippen molar-refractivity contribution in [2.45, 2.75) is 18.7 Å². The maximum absolute atomic E-state index is 11.5. The normalized spacial score (nSPS) is 21.5. The zero-order valence-electron chi connectivity index (χ0n) is 11.7. The van der Waals surface area contributed by atoms with Gasteiger partial charge in [0, 0.05) is 29.1 Å². The standard InChI is InChI=1S/C12H14Cl2N2O5S/c1-21-10-5-8(15-22(2,19)20)11-7(14)3-6(13)4-9(11)16(10)12(17)18/h3-4,8,10,15H,5H2,1-2H3,(H,17,18). The highest BCUT2D eigenvalue weighted by Gasteiger charge is 2.39. The summed E-state index contributed by atoms with van der Waals surface area (Å²) in [7, 11) is -2.18. The van der Waals surface area contributed by atoms with Gasteiger partial charge in [-0.3, -0.25) is 4.90 Å². The van der Waals surface area contributed by atoms with E-state index in [9.17, 15) is 18.3 Å². The molecular formula is C12H14Cl2N2O5S. The van der Waals surface area contributed by atoms with Crippen molar-refractivity contribution >= 4 is 45.0 Å². The Labute approximate surface area is 137 Å². The third-order valence-corrected chi connectivity index (χ3v) is 4.48. The largest absolute Gasteiger partial charge is 0.465 e. The third-order valence-electron chi connectivity index (χ3n) is 3.24. The van der Waals surface area contributed by atoms with Crippen molar-refractivity contribution in [1.29, 1.82) is 0 Å². The first-order valence-corrected chi connectivity index (χ1v) is 8.80. The van der Waals surface area contributed by atoms with E-state index in [1.54, 1.807) is 0 Å². The summed E-state index contributed by atoms with van der Waals surface area (Å²) in [4.78, 5) is 12.5. The summed E-state index contributed by atoms with van der Waals surface area (Å²) in [6.07, 6.45) is -1.01. The van der Waals surface area contributed by atoms with Crippen LogP contribution in [0.4, 0.5) is 10.5 Å². The second-order valence-electron chi connectivity index (χ2n) is 4.84. The predicted octanol–water partition coefficient (Wildman–Crippen LogP) is 2.44. The van der Waals surface area contributed by atoms with E-state index in [1.807, 2.05) is 0 Å². The van der Waals surface area contributed by atoms with Gasteiger partial charge >= 0.3 is 6.09 Å². The number of anilines is 1. The lowest BCUT2D eigenvalue weighted by Gasteiger charge is -2.38. The Bertz CT molecular complexity index is 710. The fourth-order valence-electron chi connectivity index (χ4n) is 2.49. The fraction of sp³-hybridized carbons (Fsp3) is 0.417. The Hall–Kier alpha value is -1.06. The van der Waals surface area contributed by atoms with Crippen molar-refractivity contribution in [1.82, 2.24) is 4.72 Å². The number of methoxy groups -OCH3 is 1. The quantitative estimate of drug-likeness (QED) is 0.853. The van der Waals surface area contributed by atoms with Crippen molar-refractivity contribution in [3.8, 4) is 0 Å². The number of nitrogens with one attached hydrogen (secondary N) is 1. The van der Waals surface area contributed by atoms with Crippen molar-refractivity contribution in [3.05, 3.63) is 27.7 Å². The minimum atomic E-state index is -3.53. The summed E-state index contributed by atoms with van der Waals surface area (Å²) in [5.41, 5.74) is 0.552. The fourth-order valence-corrected chi connectivity index (χ4v) is 3.83. The molecule has 7 nitrogen and oxygen atoms in total. The van der Waals surface area contributed by atoms with Crippen LogP contribution in [-0.2, 0) is 14.8 Å². The summed E-state index contributed by atoms with van der Waals surface area (Å²) in [5.74, 6) is 0. The first kappa shape index (κ1) is 17.3. The number of hydrogen-bond acceptors (Lipinski definition) is 4. The Kier molecular flexibility index (Phi) is 4.88. The average Bonchev–Trinajstić information content (AvgIpc) is 2.34. The zero-order chi connectivity index (χ0) is 16.7. The molecule has 0 aromatic heterocycles. The van der Waals surface area contributed by atoms with Gasteiger partial charge < -0.3 is 9.84 Å². The van der Waals surface area contributed by atoms with E-state index in [1.165, 1.54) is 19.2 Å². The molecule has 1 aliphatic heterocycles. The molecule has 0 radical (unpaired) electrons. The van der Waals surface area contributed by atoms with Gasteiger partial charge in [-0.15, -0.1) is 0 Å². The van der Waals surface area contributed by atoms with Gasteiger partial charge in [-0.25, -0.2) is 17.9 Å². The molecule has 2 rings (SSSR count). The summed E-state index contributed by atoms with van der Waals surface area (Å²) < 4.78 is 30.7. The molecule has 2 N–H and O–H groups in total. The van der Waals surface area contributed by atoms with Crippen LogP contribution >= 0.6 is 23.2 Å². The molecular weight excluding hydrogens is 355 g/mol. The molecule has 0 aliphatic carbocycles. The van der Waals surface area contributed by atoms with Crippen LogP contribution in [0.2, 0.25) is 10.0 Å². The second-order valence-corrected chi connectivity index (χ2v) is 7.47. The van der Waals surface area contributed by atoms with Gasteiger partial charge in [0.1, 0.15) is 6.23 Å². The van der Waals surface area contributed by atoms with E-state index in [4.69, 9.17) is 27.9 Å². The van der Waals surface area contributed by atoms with Crippen molar-refractivity contribution in [3.63, 3.8) is 0 Å². The Morgan fingerprint density at radius 2 is 2.09 bits per heavy atom. The summed E-state index contributed by atoms with van der Waals surface area (Å²) in [5, 5.41) is 9.83. The smallest absolute Gasteiger partial charge is 0.413 e. The van der Waals surface area contributed by atoms with Gasteiger partial charge in [0.2, 0.25) is 10.0 Å². The first-order valence-electron chi connectivity index (χ1n) is 6.15. The minimum absolute atomic E-state index is 0.0875. The number of halogens is 2. The van der Waals surface area contributed by atoms with Crippen LogP contribution in [0.25, 0.3) is 0 Å². The van der Waals surface area contributed by atoms with Crippen LogP contribution < -0.4 is 9.62 Å². The Morgan fingerprint density at radius 1 is 1.45 bits per heavy atom. The van der Waals surface area contributed by atoms with Crippen LogP contribution in [0.1, 0.15) is 18.0 Å². The molecule has 0 bridgehead atoms. The average molecular weight is 369 g/mol. The van der Waals surface area contributed by atoms with Crippen LogP contribution in [0.5, 0.6) is 0 Å². The van der Waals surface area contributed by atoms with Crippen LogP contribution in [0.3, 0.4) is 0 Å². The number of sulfonamides is 1. The zero-order valence-corrected chi connectivity index (χ0v) is 14.0. The van der Waals surface area contributed by atoms with Gasteiger partial charge in [-0.05, 0) is 12.1 Å². The van der Waals surface area contributed by atoms with E-state index in [2.05, 4.69) is 4.72 Å². The number of amides is 1. The number of carbonyl (C=O) groups is 1. The van der Waals surface area contributed by atoms with Crippen LogP contribution in [0, 0.1) is 0 Å². The number of rotatable bonds is 3. The monoisotopic (exact) mass is 368 g/mol. The molecule has 0 fully saturated rings. The number of fused-ring (bicyclic) bond motifs is 1. The highest BCUT2D eigenvalue weighted by molar-refractivity contribution is 7.88. The summed E-state index contributed by atoms with van der Waals surface area (Å²) >= 11 is 12.1. The van der Waals surface area contributed by atoms with E-state index in [-0.39, 0.29) is 22.2 Å². The maximum Gasteiger partial charge on any atom is 0.413 e. The van der Waals surface area contributed by atoms with Gasteiger partial charge in [0.25, 0.3) is 0 Å². The summed E-state index contributed by atoms with van der Waals surface area (Å²) in [6.45, 7) is 0. The number of benzene rings is 1. The highest BCUT2D eigenvalue weighted by Crippen LogP contribution is 2.43. The summed E-state index contributed by atoms with van der Waals surface area (Å²) in [6, 6.07) is 2.14. The Balaban J connectivity index is 2.64. The van der Waals surface area contributed by atoms with E-state index < -0.39 is 28.4 Å². The highest BCUT2D eigenvalue weighted by atomic mass is 35.5. The molecule has 1 amide bonds. The van der Waals surface area contributed by atoms with Gasteiger partial charge in [0.05, 0.1) is 18.0 Å². The number of hydrogen-bond donors (Lipinski definition) is 2. The lowest BCUT2D eigenvalue weighted by molar-refractivity contribution is 0.0767. The number of nitrogens with zero attached hydrogens (tertiary/aromatic N) is 1. The maximum atomic E-state index is 11.5. The van der Waals surface area contributed by atoms with Crippen molar-refractivity contribution < 1.29 is 23.1 Å². The predicted molar refractivity (Wildman–Crippen MR) is 83.1 cm³/mol. The molecule has 2 atom stereocenters. The van der Waals surface area contributed by atoms with E-state index >= 15 is 0 Å². The Morgan fingerprint density at radius 3 is 2.59 bits per heavy atom. The molecule has 0 spiro atoms. The molecule has 1 aliphatic rings. The molecule has 10 heteroatoms. The van der Waals surface area contributed by atoms with Gasteiger partial charge in [0.15, 0.2) is 0 Å². The van der Waals surface area contributed by atoms with Gasteiger partial charge in [-0.1, -0.05) is 23.2 Å². The van der Waals surface area contributed by atoms with Gasteiger partial charge in [-0.2, -0.15) is 0 Å². The molecule has 122 valence electrons. The molecule has 1 heterocycles. The third kappa shape index (κ3) is 3.47. The first-order chi connectivity index (χ1) is 10.1. The van der Waals surface area contributed by atoms with E-state index in [0.717, 1.165) is 11.2 Å². The molecule has 2 unspecified atom stereocenters. The molecule has 1 aromatic carbocycles. The molecule has 1 aromatic rings. The topological polar surface area (TPSA) is 95.9 Å². The molecule has 0 saturated carbocycles. The van der Waals surface area contributed by atoms with E-state index in [0.29, 0.717) is 5.56 Å². The number of carboxylic acid groups (broad SMARTS) is 1. The lowest BCUT2D eigenvalue weighted by Crippen LogP contribution is -2.48. The molecule has 22 heavy (non-hydrogen) atoms. The lowest BCUT2D eigenvalue weighted by atomic mass is 9.96. The SMILES string of the molecule is COC1CC(NS(C)(=O)=O)c2c(Cl)cc(Cl)cc2N1C(=O)O. The van der Waals surface area contributed by atoms with Crippen LogP contribution in [-0.4, -0.2) is 39.2 Å². The van der Waals surface area contributed by atoms with Crippen molar-refractivity contribution in [2.24, 2.45) is 0 Å². The minimum Gasteiger partial charge on any atom is -0.465 e. The number of ether oxygens (including phenoxy) is 1. The second kappa shape index (κ2) is 6.21. The van der Waals surface area contributed by atoms with Crippen molar-refractivity contribution in [2.75, 3.05) is 18.3 Å². The molecule has 0 saturated heterocycles.